The largest absolute Gasteiger partial charge is 0.392 e. The van der Waals surface area contributed by atoms with Crippen molar-refractivity contribution in [3.8, 4) is 0 Å². The third-order valence-corrected chi connectivity index (χ3v) is 2.50. The number of β-amino-alcohol motifs (C(OH)–C–C–N with tert-alkyl or cyclic N) is 1. The van der Waals surface area contributed by atoms with Gasteiger partial charge in [-0.15, -0.1) is 0 Å². The van der Waals surface area contributed by atoms with Crippen molar-refractivity contribution < 1.29 is 5.11 Å². The lowest BCUT2D eigenvalue weighted by Gasteiger charge is -2.14. The highest BCUT2D eigenvalue weighted by atomic mass is 16.3. The van der Waals surface area contributed by atoms with Crippen molar-refractivity contribution in [1.29, 1.82) is 0 Å². The molecular formula is C10H21NO. The van der Waals surface area contributed by atoms with Gasteiger partial charge in [-0.2, -0.15) is 0 Å². The Hall–Kier alpha value is -0.0800. The Labute approximate surface area is 75.6 Å². The molecular weight excluding hydrogens is 150 g/mol. The predicted molar refractivity (Wildman–Crippen MR) is 51.1 cm³/mol. The summed E-state index contributed by atoms with van der Waals surface area (Å²) in [5.74, 6) is 0.817. The van der Waals surface area contributed by atoms with Crippen LogP contribution in [0.5, 0.6) is 0 Å². The second-order valence-electron chi connectivity index (χ2n) is 4.28. The Morgan fingerprint density at radius 2 is 2.25 bits per heavy atom. The minimum atomic E-state index is -0.0518. The number of aliphatic hydroxyl groups is 1. The number of nitrogens with zero attached hydrogens (tertiary/aromatic N) is 1. The first kappa shape index (κ1) is 10.0. The minimum absolute atomic E-state index is 0.0518. The van der Waals surface area contributed by atoms with Gasteiger partial charge in [0.1, 0.15) is 0 Å². The fourth-order valence-electron chi connectivity index (χ4n) is 1.74. The molecule has 1 unspecified atom stereocenters. The Morgan fingerprint density at radius 3 is 2.75 bits per heavy atom. The summed E-state index contributed by atoms with van der Waals surface area (Å²) in [5, 5.41) is 9.27. The lowest BCUT2D eigenvalue weighted by Crippen LogP contribution is -2.23. The molecule has 1 rings (SSSR count). The summed E-state index contributed by atoms with van der Waals surface area (Å²) < 4.78 is 0. The van der Waals surface area contributed by atoms with E-state index < -0.39 is 0 Å². The minimum Gasteiger partial charge on any atom is -0.392 e. The monoisotopic (exact) mass is 171 g/mol. The van der Waals surface area contributed by atoms with Gasteiger partial charge in [0.25, 0.3) is 0 Å². The van der Waals surface area contributed by atoms with Crippen LogP contribution in [0.25, 0.3) is 0 Å². The molecule has 1 aliphatic rings. The van der Waals surface area contributed by atoms with Crippen LogP contribution in [0.2, 0.25) is 0 Å². The molecule has 1 fully saturated rings. The number of rotatable bonds is 4. The van der Waals surface area contributed by atoms with Crippen LogP contribution in [-0.2, 0) is 0 Å². The zero-order chi connectivity index (χ0) is 8.97. The molecule has 72 valence electrons. The van der Waals surface area contributed by atoms with Gasteiger partial charge in [-0.25, -0.2) is 0 Å². The number of hydrogen-bond donors (Lipinski definition) is 1. The summed E-state index contributed by atoms with van der Waals surface area (Å²) in [4.78, 5) is 2.37. The molecule has 0 aromatic rings. The van der Waals surface area contributed by atoms with Gasteiger partial charge in [0.05, 0.1) is 6.10 Å². The van der Waals surface area contributed by atoms with E-state index in [1.807, 2.05) is 0 Å². The molecule has 1 atom stereocenters. The highest BCUT2D eigenvalue weighted by molar-refractivity contribution is 4.73. The molecule has 0 aromatic carbocycles. The van der Waals surface area contributed by atoms with Gasteiger partial charge in [-0.1, -0.05) is 13.8 Å². The normalized spacial score (nSPS) is 25.5. The average molecular weight is 171 g/mol. The van der Waals surface area contributed by atoms with E-state index in [1.165, 1.54) is 19.4 Å². The fourth-order valence-corrected chi connectivity index (χ4v) is 1.74. The Bertz CT molecular complexity index is 125. The molecule has 2 nitrogen and oxygen atoms in total. The maximum atomic E-state index is 9.27. The van der Waals surface area contributed by atoms with Gasteiger partial charge in [0, 0.05) is 13.1 Å². The van der Waals surface area contributed by atoms with Crippen LogP contribution >= 0.6 is 0 Å². The molecule has 2 heteroatoms. The van der Waals surface area contributed by atoms with E-state index >= 15 is 0 Å². The maximum absolute atomic E-state index is 9.27. The maximum Gasteiger partial charge on any atom is 0.0679 e. The standard InChI is InChI=1S/C10H21NO/c1-9(2)4-3-6-11-7-5-10(12)8-11/h9-10,12H,3-8H2,1-2H3. The summed E-state index contributed by atoms with van der Waals surface area (Å²) in [5.41, 5.74) is 0. The second kappa shape index (κ2) is 4.83. The zero-order valence-corrected chi connectivity index (χ0v) is 8.29. The quantitative estimate of drug-likeness (QED) is 0.692. The van der Waals surface area contributed by atoms with E-state index in [-0.39, 0.29) is 6.10 Å². The van der Waals surface area contributed by atoms with Gasteiger partial charge in [0.2, 0.25) is 0 Å². The fraction of sp³-hybridized carbons (Fsp3) is 1.00. The first-order chi connectivity index (χ1) is 5.68. The van der Waals surface area contributed by atoms with Gasteiger partial charge < -0.3 is 10.0 Å². The molecule has 1 N–H and O–H groups in total. The Balaban J connectivity index is 2.00. The summed E-state index contributed by atoms with van der Waals surface area (Å²) in [6.45, 7) is 7.70. The first-order valence-electron chi connectivity index (χ1n) is 5.09. The number of aliphatic hydroxyl groups excluding tert-OH is 1. The van der Waals surface area contributed by atoms with Gasteiger partial charge >= 0.3 is 0 Å². The van der Waals surface area contributed by atoms with Crippen molar-refractivity contribution >= 4 is 0 Å². The molecule has 0 bridgehead atoms. The molecule has 0 saturated carbocycles. The zero-order valence-electron chi connectivity index (χ0n) is 8.29. The molecule has 1 saturated heterocycles. The Kier molecular flexibility index (Phi) is 4.02. The van der Waals surface area contributed by atoms with Crippen LogP contribution in [0.3, 0.4) is 0 Å². The molecule has 0 radical (unpaired) electrons. The van der Waals surface area contributed by atoms with E-state index in [0.717, 1.165) is 25.4 Å². The second-order valence-corrected chi connectivity index (χ2v) is 4.28. The van der Waals surface area contributed by atoms with Gasteiger partial charge in [-0.05, 0) is 31.7 Å². The molecule has 12 heavy (non-hydrogen) atoms. The van der Waals surface area contributed by atoms with Crippen molar-refractivity contribution in [2.75, 3.05) is 19.6 Å². The third-order valence-electron chi connectivity index (χ3n) is 2.50. The van der Waals surface area contributed by atoms with E-state index in [9.17, 15) is 5.11 Å². The number of hydrogen-bond acceptors (Lipinski definition) is 2. The first-order valence-corrected chi connectivity index (χ1v) is 5.09. The molecule has 1 heterocycles. The Morgan fingerprint density at radius 1 is 1.50 bits per heavy atom. The van der Waals surface area contributed by atoms with Crippen molar-refractivity contribution in [3.05, 3.63) is 0 Å². The lowest BCUT2D eigenvalue weighted by molar-refractivity contribution is 0.175. The van der Waals surface area contributed by atoms with Crippen LogP contribution in [0, 0.1) is 5.92 Å². The van der Waals surface area contributed by atoms with Crippen molar-refractivity contribution in [3.63, 3.8) is 0 Å². The van der Waals surface area contributed by atoms with Crippen LogP contribution in [-0.4, -0.2) is 35.7 Å². The predicted octanol–water partition coefficient (Wildman–Crippen LogP) is 1.49. The SMILES string of the molecule is CC(C)CCCN1CCC(O)C1. The van der Waals surface area contributed by atoms with E-state index in [1.54, 1.807) is 0 Å². The molecule has 1 aliphatic heterocycles. The van der Waals surface area contributed by atoms with Crippen molar-refractivity contribution in [1.82, 2.24) is 4.90 Å². The van der Waals surface area contributed by atoms with Crippen LogP contribution in [0.4, 0.5) is 0 Å². The average Bonchev–Trinajstić information content (AvgIpc) is 2.35. The van der Waals surface area contributed by atoms with Crippen molar-refractivity contribution in [2.45, 2.75) is 39.2 Å². The number of likely N-dealkylation sites (tertiary alicyclic amines) is 1. The van der Waals surface area contributed by atoms with E-state index in [2.05, 4.69) is 18.7 Å². The van der Waals surface area contributed by atoms with Crippen LogP contribution < -0.4 is 0 Å². The molecule has 0 aliphatic carbocycles. The topological polar surface area (TPSA) is 23.5 Å². The van der Waals surface area contributed by atoms with Crippen LogP contribution in [0.1, 0.15) is 33.1 Å². The van der Waals surface area contributed by atoms with E-state index in [0.29, 0.717) is 0 Å². The third kappa shape index (κ3) is 3.55. The van der Waals surface area contributed by atoms with Crippen LogP contribution in [0.15, 0.2) is 0 Å². The van der Waals surface area contributed by atoms with Gasteiger partial charge in [-0.3, -0.25) is 0 Å². The van der Waals surface area contributed by atoms with Gasteiger partial charge in [0.15, 0.2) is 0 Å². The highest BCUT2D eigenvalue weighted by Crippen LogP contribution is 2.11. The smallest absolute Gasteiger partial charge is 0.0679 e. The highest BCUT2D eigenvalue weighted by Gasteiger charge is 2.18. The lowest BCUT2D eigenvalue weighted by atomic mass is 10.1. The molecule has 0 spiro atoms. The molecule has 0 amide bonds. The summed E-state index contributed by atoms with van der Waals surface area (Å²) in [7, 11) is 0. The summed E-state index contributed by atoms with van der Waals surface area (Å²) >= 11 is 0. The van der Waals surface area contributed by atoms with E-state index in [4.69, 9.17) is 0 Å². The summed E-state index contributed by atoms with van der Waals surface area (Å²) in [6, 6.07) is 0. The summed E-state index contributed by atoms with van der Waals surface area (Å²) in [6.07, 6.45) is 3.52. The van der Waals surface area contributed by atoms with Crippen molar-refractivity contribution in [2.24, 2.45) is 5.92 Å². The molecule has 0 aromatic heterocycles.